The Morgan fingerprint density at radius 3 is 2.45 bits per heavy atom. The Morgan fingerprint density at radius 1 is 1.14 bits per heavy atom. The molecule has 6 nitrogen and oxygen atoms in total. The second-order valence-electron chi connectivity index (χ2n) is 7.09. The predicted molar refractivity (Wildman–Crippen MR) is 113 cm³/mol. The molecular weight excluding hydrogens is 392 g/mol. The Morgan fingerprint density at radius 2 is 1.83 bits per heavy atom. The van der Waals surface area contributed by atoms with Gasteiger partial charge in [0.05, 0.1) is 12.7 Å². The van der Waals surface area contributed by atoms with Gasteiger partial charge in [-0.3, -0.25) is 14.4 Å². The van der Waals surface area contributed by atoms with E-state index in [2.05, 4.69) is 5.32 Å². The van der Waals surface area contributed by atoms with Crippen LogP contribution in [0.15, 0.2) is 48.5 Å². The van der Waals surface area contributed by atoms with Crippen molar-refractivity contribution in [1.82, 2.24) is 10.4 Å². The molecule has 29 heavy (non-hydrogen) atoms. The van der Waals surface area contributed by atoms with Crippen LogP contribution in [0, 0.1) is 5.92 Å². The predicted octanol–water partition coefficient (Wildman–Crippen LogP) is 4.08. The SMILES string of the molecule is CON(C)C(=O)[C@H](CC(C)C)NC(=O)c1cc(Cl)ccc1OCc1ccccc1. The molecule has 0 spiro atoms. The first-order valence-electron chi connectivity index (χ1n) is 9.40. The number of rotatable bonds is 9. The van der Waals surface area contributed by atoms with Crippen molar-refractivity contribution in [2.24, 2.45) is 5.92 Å². The summed E-state index contributed by atoms with van der Waals surface area (Å²) in [6.07, 6.45) is 0.471. The summed E-state index contributed by atoms with van der Waals surface area (Å²) in [5.74, 6) is -0.170. The number of hydrogen-bond acceptors (Lipinski definition) is 4. The third-order valence-corrected chi connectivity index (χ3v) is 4.55. The number of ether oxygens (including phenoxy) is 1. The van der Waals surface area contributed by atoms with Crippen molar-refractivity contribution in [3.8, 4) is 5.75 Å². The lowest BCUT2D eigenvalue weighted by Crippen LogP contribution is -2.47. The molecule has 0 unspecified atom stereocenters. The molecule has 2 aromatic rings. The van der Waals surface area contributed by atoms with Crippen LogP contribution in [0.25, 0.3) is 0 Å². The molecule has 0 aliphatic heterocycles. The van der Waals surface area contributed by atoms with Gasteiger partial charge in [-0.1, -0.05) is 55.8 Å². The quantitative estimate of drug-likeness (QED) is 0.623. The van der Waals surface area contributed by atoms with Gasteiger partial charge in [0.15, 0.2) is 0 Å². The molecule has 0 aliphatic carbocycles. The van der Waals surface area contributed by atoms with Crippen LogP contribution in [0.1, 0.15) is 36.2 Å². The van der Waals surface area contributed by atoms with E-state index in [0.29, 0.717) is 23.8 Å². The van der Waals surface area contributed by atoms with Gasteiger partial charge in [-0.25, -0.2) is 5.06 Å². The zero-order valence-corrected chi connectivity index (χ0v) is 17.9. The highest BCUT2D eigenvalue weighted by atomic mass is 35.5. The minimum absolute atomic E-state index is 0.197. The molecule has 0 bridgehead atoms. The molecular formula is C22H27ClN2O4. The lowest BCUT2D eigenvalue weighted by atomic mass is 10.0. The summed E-state index contributed by atoms with van der Waals surface area (Å²) in [5.41, 5.74) is 1.25. The van der Waals surface area contributed by atoms with Crippen molar-refractivity contribution in [2.45, 2.75) is 32.9 Å². The minimum Gasteiger partial charge on any atom is -0.488 e. The lowest BCUT2D eigenvalue weighted by Gasteiger charge is -2.24. The Balaban J connectivity index is 2.20. The highest BCUT2D eigenvalue weighted by molar-refractivity contribution is 6.31. The first-order valence-corrected chi connectivity index (χ1v) is 9.78. The van der Waals surface area contributed by atoms with Gasteiger partial charge in [0, 0.05) is 12.1 Å². The van der Waals surface area contributed by atoms with Crippen LogP contribution in [0.2, 0.25) is 5.02 Å². The van der Waals surface area contributed by atoms with Crippen molar-refractivity contribution in [3.05, 3.63) is 64.7 Å². The normalized spacial score (nSPS) is 11.8. The fourth-order valence-corrected chi connectivity index (χ4v) is 2.95. The van der Waals surface area contributed by atoms with E-state index in [1.54, 1.807) is 12.1 Å². The van der Waals surface area contributed by atoms with Crippen molar-refractivity contribution in [3.63, 3.8) is 0 Å². The Bertz CT molecular complexity index is 827. The van der Waals surface area contributed by atoms with Gasteiger partial charge >= 0.3 is 0 Å². The highest BCUT2D eigenvalue weighted by Crippen LogP contribution is 2.24. The fourth-order valence-electron chi connectivity index (χ4n) is 2.78. The Kier molecular flexibility index (Phi) is 8.49. The van der Waals surface area contributed by atoms with Crippen LogP contribution >= 0.6 is 11.6 Å². The van der Waals surface area contributed by atoms with Crippen molar-refractivity contribution in [2.75, 3.05) is 14.2 Å². The highest BCUT2D eigenvalue weighted by Gasteiger charge is 2.27. The molecule has 0 radical (unpaired) electrons. The number of carbonyl (C=O) groups excluding carboxylic acids is 2. The standard InChI is InChI=1S/C22H27ClN2O4/c1-15(2)12-19(22(27)25(3)28-4)24-21(26)18-13-17(23)10-11-20(18)29-14-16-8-6-5-7-9-16/h5-11,13,15,19H,12,14H2,1-4H3,(H,24,26)/t19-/m0/s1. The van der Waals surface area contributed by atoms with E-state index in [1.165, 1.54) is 20.2 Å². The number of nitrogens with one attached hydrogen (secondary N) is 1. The van der Waals surface area contributed by atoms with Gasteiger partial charge in [0.1, 0.15) is 18.4 Å². The smallest absolute Gasteiger partial charge is 0.268 e. The largest absolute Gasteiger partial charge is 0.488 e. The molecule has 0 heterocycles. The minimum atomic E-state index is -0.728. The number of likely N-dealkylation sites (N-methyl/N-ethyl adjacent to an activating group) is 1. The topological polar surface area (TPSA) is 67.9 Å². The second kappa shape index (κ2) is 10.8. The van der Waals surface area contributed by atoms with Crippen LogP contribution in [-0.4, -0.2) is 37.1 Å². The van der Waals surface area contributed by atoms with E-state index in [0.717, 1.165) is 10.6 Å². The van der Waals surface area contributed by atoms with Gasteiger partial charge in [-0.15, -0.1) is 0 Å². The van der Waals surface area contributed by atoms with Gasteiger partial charge in [-0.05, 0) is 36.1 Å². The maximum absolute atomic E-state index is 13.0. The lowest BCUT2D eigenvalue weighted by molar-refractivity contribution is -0.171. The summed E-state index contributed by atoms with van der Waals surface area (Å²) in [5, 5.41) is 4.31. The van der Waals surface area contributed by atoms with Gasteiger partial charge in [-0.2, -0.15) is 0 Å². The fraction of sp³-hybridized carbons (Fsp3) is 0.364. The van der Waals surface area contributed by atoms with E-state index in [1.807, 2.05) is 44.2 Å². The van der Waals surface area contributed by atoms with Crippen LogP contribution in [0.5, 0.6) is 5.75 Å². The summed E-state index contributed by atoms with van der Waals surface area (Å²) in [6.45, 7) is 4.27. The monoisotopic (exact) mass is 418 g/mol. The summed E-state index contributed by atoms with van der Waals surface area (Å²) >= 11 is 6.10. The second-order valence-corrected chi connectivity index (χ2v) is 7.53. The Hall–Kier alpha value is -2.57. The van der Waals surface area contributed by atoms with Crippen molar-refractivity contribution >= 4 is 23.4 Å². The summed E-state index contributed by atoms with van der Waals surface area (Å²) in [6, 6.07) is 13.8. The van der Waals surface area contributed by atoms with E-state index in [9.17, 15) is 9.59 Å². The van der Waals surface area contributed by atoms with Gasteiger partial charge in [0.2, 0.25) is 0 Å². The zero-order valence-electron chi connectivity index (χ0n) is 17.1. The number of benzene rings is 2. The average Bonchev–Trinajstić information content (AvgIpc) is 2.71. The summed E-state index contributed by atoms with van der Waals surface area (Å²) in [7, 11) is 2.91. The third kappa shape index (κ3) is 6.76. The number of hydroxylamine groups is 2. The average molecular weight is 419 g/mol. The molecule has 0 saturated carbocycles. The zero-order chi connectivity index (χ0) is 21.4. The molecule has 156 valence electrons. The van der Waals surface area contributed by atoms with Crippen LogP contribution in [-0.2, 0) is 16.2 Å². The molecule has 1 N–H and O–H groups in total. The molecule has 2 aromatic carbocycles. The molecule has 2 amide bonds. The van der Waals surface area contributed by atoms with Crippen molar-refractivity contribution < 1.29 is 19.2 Å². The van der Waals surface area contributed by atoms with E-state index >= 15 is 0 Å². The van der Waals surface area contributed by atoms with Gasteiger partial charge in [0.25, 0.3) is 11.8 Å². The van der Waals surface area contributed by atoms with E-state index < -0.39 is 11.9 Å². The number of amides is 2. The molecule has 1 atom stereocenters. The number of halogens is 1. The first-order chi connectivity index (χ1) is 13.8. The van der Waals surface area contributed by atoms with E-state index in [4.69, 9.17) is 21.2 Å². The number of nitrogens with zero attached hydrogens (tertiary/aromatic N) is 1. The molecule has 2 rings (SSSR count). The maximum Gasteiger partial charge on any atom is 0.268 e. The molecule has 0 aromatic heterocycles. The molecule has 0 aliphatic rings. The number of hydrogen-bond donors (Lipinski definition) is 1. The summed E-state index contributed by atoms with van der Waals surface area (Å²) in [4.78, 5) is 30.5. The number of carbonyl (C=O) groups is 2. The van der Waals surface area contributed by atoms with Crippen LogP contribution in [0.3, 0.4) is 0 Å². The van der Waals surface area contributed by atoms with Crippen LogP contribution < -0.4 is 10.1 Å². The van der Waals surface area contributed by atoms with Crippen LogP contribution in [0.4, 0.5) is 0 Å². The Labute approximate surface area is 176 Å². The molecule has 0 fully saturated rings. The maximum atomic E-state index is 13.0. The van der Waals surface area contributed by atoms with Crippen molar-refractivity contribution in [1.29, 1.82) is 0 Å². The molecule has 7 heteroatoms. The third-order valence-electron chi connectivity index (χ3n) is 4.32. The summed E-state index contributed by atoms with van der Waals surface area (Å²) < 4.78 is 5.85. The van der Waals surface area contributed by atoms with E-state index in [-0.39, 0.29) is 17.4 Å². The van der Waals surface area contributed by atoms with Gasteiger partial charge < -0.3 is 10.1 Å². The first kappa shape index (κ1) is 22.7. The molecule has 0 saturated heterocycles.